The Balaban J connectivity index is 3.89. The lowest BCUT2D eigenvalue weighted by atomic mass is 10.2. The third-order valence-electron chi connectivity index (χ3n) is 2.28. The fraction of sp³-hybridized carbons (Fsp3) is 0.615. The predicted molar refractivity (Wildman–Crippen MR) is 72.7 cm³/mol. The van der Waals surface area contributed by atoms with Crippen LogP contribution in [0.5, 0.6) is 0 Å². The largest absolute Gasteiger partial charge is 0.481 e. The van der Waals surface area contributed by atoms with Gasteiger partial charge in [-0.1, -0.05) is 0 Å². The number of carboxylic acids is 1. The highest BCUT2D eigenvalue weighted by molar-refractivity contribution is 5.97. The minimum Gasteiger partial charge on any atom is -0.481 e. The highest BCUT2D eigenvalue weighted by atomic mass is 16.5. The quantitative estimate of drug-likeness (QED) is 0.287. The third-order valence-corrected chi connectivity index (χ3v) is 2.28. The van der Waals surface area contributed by atoms with E-state index in [0.29, 0.717) is 39.1 Å². The van der Waals surface area contributed by atoms with Crippen LogP contribution in [-0.4, -0.2) is 43.3 Å². The van der Waals surface area contributed by atoms with Gasteiger partial charge in [0.15, 0.2) is 0 Å². The maximum atomic E-state index is 11.6. The Bertz CT molecular complexity index is 374. The van der Waals surface area contributed by atoms with Crippen LogP contribution in [-0.2, 0) is 14.3 Å². The summed E-state index contributed by atoms with van der Waals surface area (Å²) in [6.45, 7) is 3.93. The molecule has 0 aromatic heterocycles. The van der Waals surface area contributed by atoms with Gasteiger partial charge in [-0.15, -0.1) is 0 Å². The van der Waals surface area contributed by atoms with Gasteiger partial charge in [-0.05, 0) is 19.8 Å². The number of ether oxygens (including phenoxy) is 1. The first-order valence-corrected chi connectivity index (χ1v) is 6.53. The molecule has 7 nitrogen and oxygen atoms in total. The van der Waals surface area contributed by atoms with Gasteiger partial charge in [0.2, 0.25) is 0 Å². The Morgan fingerprint density at radius 1 is 1.35 bits per heavy atom. The number of nitrogens with zero attached hydrogens (tertiary/aromatic N) is 1. The molecule has 0 fully saturated rings. The van der Waals surface area contributed by atoms with Crippen LogP contribution in [0.1, 0.15) is 26.2 Å². The van der Waals surface area contributed by atoms with Gasteiger partial charge >= 0.3 is 5.97 Å². The van der Waals surface area contributed by atoms with Crippen LogP contribution in [0.2, 0.25) is 0 Å². The van der Waals surface area contributed by atoms with E-state index in [1.54, 1.807) is 6.07 Å². The number of nitriles is 1. The number of carboxylic acid groups (broad SMARTS) is 1. The van der Waals surface area contributed by atoms with E-state index in [9.17, 15) is 9.59 Å². The molecule has 0 saturated heterocycles. The van der Waals surface area contributed by atoms with Crippen LogP contribution >= 0.6 is 0 Å². The molecular weight excluding hydrogens is 262 g/mol. The second kappa shape index (κ2) is 12.0. The molecule has 0 aliphatic carbocycles. The average molecular weight is 283 g/mol. The topological polar surface area (TPSA) is 111 Å². The number of aliphatic carboxylic acids is 1. The van der Waals surface area contributed by atoms with Gasteiger partial charge in [0.25, 0.3) is 5.91 Å². The molecule has 112 valence electrons. The second-order valence-electron chi connectivity index (χ2n) is 3.93. The molecule has 0 aromatic carbocycles. The highest BCUT2D eigenvalue weighted by Gasteiger charge is 2.07. The van der Waals surface area contributed by atoms with Crippen molar-refractivity contribution < 1.29 is 19.4 Å². The lowest BCUT2D eigenvalue weighted by molar-refractivity contribution is -0.137. The molecule has 0 rings (SSSR count). The average Bonchev–Trinajstić information content (AvgIpc) is 2.42. The zero-order chi connectivity index (χ0) is 15.2. The molecule has 0 saturated carbocycles. The van der Waals surface area contributed by atoms with Crippen molar-refractivity contribution in [3.63, 3.8) is 0 Å². The molecule has 0 bridgehead atoms. The summed E-state index contributed by atoms with van der Waals surface area (Å²) in [5, 5.41) is 22.6. The van der Waals surface area contributed by atoms with Crippen LogP contribution in [0.3, 0.4) is 0 Å². The number of rotatable bonds is 11. The standard InChI is InChI=1S/C13H21N3O4/c1-2-20-8-4-7-16-13(19)11(9-14)10-15-6-3-5-12(17)18/h10,15H,2-8H2,1H3,(H,16,19)(H,17,18)/b11-10-. The van der Waals surface area contributed by atoms with E-state index < -0.39 is 11.9 Å². The molecule has 7 heteroatoms. The maximum Gasteiger partial charge on any atom is 0.303 e. The molecule has 3 N–H and O–H groups in total. The van der Waals surface area contributed by atoms with Gasteiger partial charge in [-0.2, -0.15) is 5.26 Å². The number of amides is 1. The molecule has 0 spiro atoms. The minimum atomic E-state index is -0.872. The summed E-state index contributed by atoms with van der Waals surface area (Å²) in [6.07, 6.45) is 2.47. The predicted octanol–water partition coefficient (Wildman–Crippen LogP) is 0.391. The summed E-state index contributed by atoms with van der Waals surface area (Å²) < 4.78 is 5.12. The summed E-state index contributed by atoms with van der Waals surface area (Å²) in [4.78, 5) is 21.9. The molecule has 0 aliphatic heterocycles. The second-order valence-corrected chi connectivity index (χ2v) is 3.93. The maximum absolute atomic E-state index is 11.6. The SMILES string of the molecule is CCOCCCNC(=O)/C(C#N)=C\NCCCC(=O)O. The minimum absolute atomic E-state index is 0.0308. The summed E-state index contributed by atoms with van der Waals surface area (Å²) in [7, 11) is 0. The lowest BCUT2D eigenvalue weighted by Gasteiger charge is -2.05. The van der Waals surface area contributed by atoms with Crippen molar-refractivity contribution in [3.8, 4) is 6.07 Å². The molecule has 0 atom stereocenters. The summed E-state index contributed by atoms with van der Waals surface area (Å²) in [6, 6.07) is 1.79. The van der Waals surface area contributed by atoms with E-state index in [0.717, 1.165) is 0 Å². The number of carbonyl (C=O) groups excluding carboxylic acids is 1. The molecule has 20 heavy (non-hydrogen) atoms. The van der Waals surface area contributed by atoms with E-state index in [4.69, 9.17) is 15.1 Å². The molecule has 0 heterocycles. The number of nitrogens with one attached hydrogen (secondary N) is 2. The highest BCUT2D eigenvalue weighted by Crippen LogP contribution is 1.92. The van der Waals surface area contributed by atoms with Gasteiger partial charge in [0.1, 0.15) is 11.6 Å². The van der Waals surface area contributed by atoms with Crippen molar-refractivity contribution in [1.29, 1.82) is 5.26 Å². The molecule has 0 aliphatic rings. The van der Waals surface area contributed by atoms with E-state index in [1.165, 1.54) is 6.20 Å². The molecule has 0 unspecified atom stereocenters. The van der Waals surface area contributed by atoms with Crippen molar-refractivity contribution in [3.05, 3.63) is 11.8 Å². The Morgan fingerprint density at radius 2 is 2.10 bits per heavy atom. The number of hydrogen-bond donors (Lipinski definition) is 3. The smallest absolute Gasteiger partial charge is 0.303 e. The van der Waals surface area contributed by atoms with Gasteiger partial charge in [0.05, 0.1) is 0 Å². The van der Waals surface area contributed by atoms with E-state index in [-0.39, 0.29) is 12.0 Å². The molecular formula is C13H21N3O4. The number of hydrogen-bond acceptors (Lipinski definition) is 5. The monoisotopic (exact) mass is 283 g/mol. The van der Waals surface area contributed by atoms with Crippen molar-refractivity contribution in [2.45, 2.75) is 26.2 Å². The normalized spacial score (nSPS) is 10.7. The first-order valence-electron chi connectivity index (χ1n) is 6.53. The van der Waals surface area contributed by atoms with Crippen LogP contribution < -0.4 is 10.6 Å². The zero-order valence-corrected chi connectivity index (χ0v) is 11.6. The van der Waals surface area contributed by atoms with Crippen LogP contribution in [0.15, 0.2) is 11.8 Å². The molecule has 1 amide bonds. The van der Waals surface area contributed by atoms with Gasteiger partial charge < -0.3 is 20.5 Å². The first kappa shape index (κ1) is 17.9. The molecule has 0 radical (unpaired) electrons. The summed E-state index contributed by atoms with van der Waals surface area (Å²) >= 11 is 0. The number of carbonyl (C=O) groups is 2. The summed E-state index contributed by atoms with van der Waals surface area (Å²) in [5.74, 6) is -1.32. The Labute approximate surface area is 118 Å². The van der Waals surface area contributed by atoms with Crippen LogP contribution in [0.25, 0.3) is 0 Å². The fourth-order valence-corrected chi connectivity index (χ4v) is 1.28. The Hall–Kier alpha value is -2.07. The molecule has 0 aromatic rings. The third kappa shape index (κ3) is 9.91. The van der Waals surface area contributed by atoms with E-state index in [2.05, 4.69) is 10.6 Å². The van der Waals surface area contributed by atoms with Crippen molar-refractivity contribution in [2.24, 2.45) is 0 Å². The van der Waals surface area contributed by atoms with E-state index >= 15 is 0 Å². The van der Waals surface area contributed by atoms with Crippen molar-refractivity contribution >= 4 is 11.9 Å². The van der Waals surface area contributed by atoms with Crippen molar-refractivity contribution in [2.75, 3.05) is 26.3 Å². The Kier molecular flexibility index (Phi) is 10.7. The van der Waals surface area contributed by atoms with Crippen LogP contribution in [0.4, 0.5) is 0 Å². The lowest BCUT2D eigenvalue weighted by Crippen LogP contribution is -2.27. The van der Waals surface area contributed by atoms with Gasteiger partial charge in [0, 0.05) is 38.9 Å². The van der Waals surface area contributed by atoms with Gasteiger partial charge in [-0.25, -0.2) is 0 Å². The fourth-order valence-electron chi connectivity index (χ4n) is 1.28. The first-order chi connectivity index (χ1) is 9.61. The van der Waals surface area contributed by atoms with Gasteiger partial charge in [-0.3, -0.25) is 9.59 Å². The Morgan fingerprint density at radius 3 is 2.70 bits per heavy atom. The van der Waals surface area contributed by atoms with E-state index in [1.807, 2.05) is 6.92 Å². The van der Waals surface area contributed by atoms with Crippen molar-refractivity contribution in [1.82, 2.24) is 10.6 Å². The summed E-state index contributed by atoms with van der Waals surface area (Å²) in [5.41, 5.74) is -0.0308. The zero-order valence-electron chi connectivity index (χ0n) is 11.6. The van der Waals surface area contributed by atoms with Crippen LogP contribution in [0, 0.1) is 11.3 Å².